The van der Waals surface area contributed by atoms with Crippen LogP contribution in [0.25, 0.3) is 0 Å². The summed E-state index contributed by atoms with van der Waals surface area (Å²) in [6, 6.07) is 1.70. The van der Waals surface area contributed by atoms with Gasteiger partial charge in [0.1, 0.15) is 0 Å². The van der Waals surface area contributed by atoms with Crippen molar-refractivity contribution < 1.29 is 9.59 Å². The summed E-state index contributed by atoms with van der Waals surface area (Å²) in [5, 5.41) is 2.94. The van der Waals surface area contributed by atoms with Crippen LogP contribution in [0.4, 0.5) is 5.69 Å². The molecule has 1 amide bonds. The van der Waals surface area contributed by atoms with Gasteiger partial charge in [0.2, 0.25) is 0 Å². The van der Waals surface area contributed by atoms with Gasteiger partial charge in [-0.1, -0.05) is 11.6 Å². The molecule has 0 bridgehead atoms. The van der Waals surface area contributed by atoms with Crippen LogP contribution in [0.5, 0.6) is 0 Å². The smallest absolute Gasteiger partial charge is 0.296 e. The average Bonchev–Trinajstić information content (AvgIpc) is 2.41. The zero-order valence-corrected chi connectivity index (χ0v) is 9.49. The number of hydrogen-bond acceptors (Lipinski definition) is 2. The van der Waals surface area contributed by atoms with Gasteiger partial charge < -0.3 is 5.32 Å². The van der Waals surface area contributed by atoms with E-state index in [4.69, 9.17) is 11.6 Å². The Morgan fingerprint density at radius 1 is 1.43 bits per heavy atom. The summed E-state index contributed by atoms with van der Waals surface area (Å²) < 4.78 is 0.475. The van der Waals surface area contributed by atoms with Gasteiger partial charge in [0.25, 0.3) is 11.7 Å². The molecule has 0 aromatic heterocycles. The number of fused-ring (bicyclic) bond motifs is 1. The maximum Gasteiger partial charge on any atom is 0.296 e. The van der Waals surface area contributed by atoms with Crippen LogP contribution < -0.4 is 5.32 Å². The Hall–Kier alpha value is -0.870. The van der Waals surface area contributed by atoms with E-state index in [1.165, 1.54) is 0 Å². The van der Waals surface area contributed by atoms with Crippen LogP contribution in [-0.4, -0.2) is 11.7 Å². The minimum Gasteiger partial charge on any atom is -0.318 e. The van der Waals surface area contributed by atoms with E-state index in [-0.39, 0.29) is 0 Å². The van der Waals surface area contributed by atoms with Crippen LogP contribution >= 0.6 is 27.5 Å². The number of nitrogens with one attached hydrogen (secondary N) is 1. The number of ketones is 1. The monoisotopic (exact) mass is 273 g/mol. The fourth-order valence-electron chi connectivity index (χ4n) is 1.41. The lowest BCUT2D eigenvalue weighted by Gasteiger charge is -2.05. The lowest BCUT2D eigenvalue weighted by atomic mass is 10.1. The van der Waals surface area contributed by atoms with Gasteiger partial charge in [0.05, 0.1) is 16.3 Å². The fraction of sp³-hybridized carbons (Fsp3) is 0.111. The van der Waals surface area contributed by atoms with Crippen molar-refractivity contribution in [1.82, 2.24) is 0 Å². The quantitative estimate of drug-likeness (QED) is 0.739. The van der Waals surface area contributed by atoms with Crippen molar-refractivity contribution in [3.05, 3.63) is 26.7 Å². The summed E-state index contributed by atoms with van der Waals surface area (Å²) in [6.45, 7) is 1.79. The second kappa shape index (κ2) is 3.07. The van der Waals surface area contributed by atoms with Crippen molar-refractivity contribution in [2.75, 3.05) is 5.32 Å². The highest BCUT2D eigenvalue weighted by atomic mass is 79.9. The molecule has 1 aliphatic rings. The van der Waals surface area contributed by atoms with Gasteiger partial charge in [-0.15, -0.1) is 0 Å². The first-order valence-corrected chi connectivity index (χ1v) is 5.03. The van der Waals surface area contributed by atoms with Gasteiger partial charge in [-0.05, 0) is 34.5 Å². The molecule has 0 saturated carbocycles. The number of aryl methyl sites for hydroxylation is 1. The predicted octanol–water partition coefficient (Wildman–Crippen LogP) is 2.55. The van der Waals surface area contributed by atoms with E-state index in [0.29, 0.717) is 20.7 Å². The molecule has 0 aliphatic carbocycles. The molecule has 0 atom stereocenters. The summed E-state index contributed by atoms with van der Waals surface area (Å²) in [6.07, 6.45) is 0. The number of carbonyl (C=O) groups is 2. The lowest BCUT2D eigenvalue weighted by molar-refractivity contribution is -0.112. The van der Waals surface area contributed by atoms with Crippen LogP contribution in [0.2, 0.25) is 5.02 Å². The van der Waals surface area contributed by atoms with Crippen LogP contribution in [0.1, 0.15) is 15.9 Å². The highest BCUT2D eigenvalue weighted by molar-refractivity contribution is 9.10. The SMILES string of the molecule is Cc1cc(Cl)c(Br)c2c1NC(=O)C2=O. The topological polar surface area (TPSA) is 46.2 Å². The van der Waals surface area contributed by atoms with E-state index in [2.05, 4.69) is 21.2 Å². The van der Waals surface area contributed by atoms with Gasteiger partial charge >= 0.3 is 0 Å². The summed E-state index contributed by atoms with van der Waals surface area (Å²) in [4.78, 5) is 22.5. The summed E-state index contributed by atoms with van der Waals surface area (Å²) in [7, 11) is 0. The summed E-state index contributed by atoms with van der Waals surface area (Å²) in [5.74, 6) is -1.15. The Labute approximate surface area is 93.6 Å². The molecule has 1 aromatic carbocycles. The number of hydrogen-bond donors (Lipinski definition) is 1. The van der Waals surface area contributed by atoms with E-state index in [0.717, 1.165) is 5.56 Å². The minimum absolute atomic E-state index is 0.333. The van der Waals surface area contributed by atoms with Crippen LogP contribution in [0.3, 0.4) is 0 Å². The standard InChI is InChI=1S/C9H5BrClNO2/c1-3-2-4(11)6(10)5-7(3)12-9(14)8(5)13/h2H,1H3,(H,12,13,14). The van der Waals surface area contributed by atoms with Crippen molar-refractivity contribution in [3.63, 3.8) is 0 Å². The molecule has 0 unspecified atom stereocenters. The van der Waals surface area contributed by atoms with Crippen LogP contribution in [0, 0.1) is 6.92 Å². The normalized spacial score (nSPS) is 14.2. The number of Topliss-reactive ketones (excluding diaryl/α,β-unsaturated/α-hetero) is 1. The molecular formula is C9H5BrClNO2. The molecule has 1 heterocycles. The molecule has 1 N–H and O–H groups in total. The molecule has 1 aromatic rings. The minimum atomic E-state index is -0.605. The first-order valence-electron chi connectivity index (χ1n) is 3.86. The van der Waals surface area contributed by atoms with E-state index in [1.807, 2.05) is 0 Å². The molecule has 0 spiro atoms. The summed E-state index contributed by atoms with van der Waals surface area (Å²) in [5.41, 5.74) is 1.67. The van der Waals surface area contributed by atoms with E-state index in [9.17, 15) is 9.59 Å². The van der Waals surface area contributed by atoms with Gasteiger partial charge in [-0.2, -0.15) is 0 Å². The van der Waals surface area contributed by atoms with Crippen molar-refractivity contribution >= 4 is 44.9 Å². The lowest BCUT2D eigenvalue weighted by Crippen LogP contribution is -2.12. The first-order chi connectivity index (χ1) is 6.52. The Morgan fingerprint density at radius 3 is 2.71 bits per heavy atom. The zero-order valence-electron chi connectivity index (χ0n) is 7.15. The Balaban J connectivity index is 2.80. The highest BCUT2D eigenvalue weighted by Gasteiger charge is 2.32. The van der Waals surface area contributed by atoms with Crippen LogP contribution in [-0.2, 0) is 4.79 Å². The molecule has 5 heteroatoms. The number of rotatable bonds is 0. The molecule has 0 fully saturated rings. The molecule has 3 nitrogen and oxygen atoms in total. The maximum absolute atomic E-state index is 11.4. The largest absolute Gasteiger partial charge is 0.318 e. The second-order valence-corrected chi connectivity index (χ2v) is 4.22. The van der Waals surface area contributed by atoms with Gasteiger partial charge in [-0.3, -0.25) is 9.59 Å². The molecular weight excluding hydrogens is 269 g/mol. The Kier molecular flexibility index (Phi) is 2.12. The predicted molar refractivity (Wildman–Crippen MR) is 56.8 cm³/mol. The van der Waals surface area contributed by atoms with E-state index in [1.54, 1.807) is 13.0 Å². The molecule has 14 heavy (non-hydrogen) atoms. The third-order valence-corrected chi connectivity index (χ3v) is 3.44. The van der Waals surface area contributed by atoms with Crippen molar-refractivity contribution in [1.29, 1.82) is 0 Å². The molecule has 0 radical (unpaired) electrons. The number of amides is 1. The van der Waals surface area contributed by atoms with Crippen molar-refractivity contribution in [2.45, 2.75) is 6.92 Å². The summed E-state index contributed by atoms with van der Waals surface area (Å²) >= 11 is 9.06. The number of benzene rings is 1. The maximum atomic E-state index is 11.4. The Morgan fingerprint density at radius 2 is 2.07 bits per heavy atom. The first kappa shape index (κ1) is 9.68. The molecule has 1 aliphatic heterocycles. The number of anilines is 1. The zero-order chi connectivity index (χ0) is 10.5. The van der Waals surface area contributed by atoms with Crippen molar-refractivity contribution in [3.8, 4) is 0 Å². The van der Waals surface area contributed by atoms with E-state index >= 15 is 0 Å². The third-order valence-electron chi connectivity index (χ3n) is 2.09. The van der Waals surface area contributed by atoms with Gasteiger partial charge in [0.15, 0.2) is 0 Å². The molecule has 72 valence electrons. The van der Waals surface area contributed by atoms with Crippen molar-refractivity contribution in [2.24, 2.45) is 0 Å². The third kappa shape index (κ3) is 1.18. The second-order valence-electron chi connectivity index (χ2n) is 3.02. The van der Waals surface area contributed by atoms with E-state index < -0.39 is 11.7 Å². The van der Waals surface area contributed by atoms with Crippen LogP contribution in [0.15, 0.2) is 10.5 Å². The fourth-order valence-corrected chi connectivity index (χ4v) is 2.16. The number of halogens is 2. The highest BCUT2D eigenvalue weighted by Crippen LogP contribution is 2.37. The molecule has 0 saturated heterocycles. The number of carbonyl (C=O) groups excluding carboxylic acids is 2. The van der Waals surface area contributed by atoms with Gasteiger partial charge in [-0.25, -0.2) is 0 Å². The Bertz CT molecular complexity index is 470. The average molecular weight is 275 g/mol. The molecule has 2 rings (SSSR count). The van der Waals surface area contributed by atoms with Gasteiger partial charge in [0, 0.05) is 4.47 Å².